The van der Waals surface area contributed by atoms with Crippen LogP contribution in [-0.2, 0) is 19.1 Å². The van der Waals surface area contributed by atoms with E-state index in [1.54, 1.807) is 19.1 Å². The summed E-state index contributed by atoms with van der Waals surface area (Å²) in [4.78, 5) is 39.5. The van der Waals surface area contributed by atoms with Crippen LogP contribution in [-0.4, -0.2) is 41.9 Å². The average molecular weight is 362 g/mol. The van der Waals surface area contributed by atoms with Gasteiger partial charge in [0.15, 0.2) is 0 Å². The lowest BCUT2D eigenvalue weighted by Crippen LogP contribution is -2.56. The van der Waals surface area contributed by atoms with Crippen LogP contribution in [0.3, 0.4) is 0 Å². The summed E-state index contributed by atoms with van der Waals surface area (Å²) in [5.41, 5.74) is -0.591. The molecule has 0 spiro atoms. The zero-order chi connectivity index (χ0) is 19.1. The van der Waals surface area contributed by atoms with Gasteiger partial charge >= 0.3 is 5.97 Å². The number of carbonyl (C=O) groups is 3. The molecule has 4 atom stereocenters. The maximum atomic E-state index is 13.3. The molecule has 0 aliphatic carbocycles. The molecule has 1 N–H and O–H groups in total. The van der Waals surface area contributed by atoms with Crippen LogP contribution in [0, 0.1) is 17.7 Å². The summed E-state index contributed by atoms with van der Waals surface area (Å²) in [5, 5.41) is 3.24. The maximum absolute atomic E-state index is 13.3. The van der Waals surface area contributed by atoms with Crippen LogP contribution in [0.25, 0.3) is 0 Å². The van der Waals surface area contributed by atoms with E-state index in [-0.39, 0.29) is 24.2 Å². The molecule has 1 aromatic carbocycles. The lowest BCUT2D eigenvalue weighted by molar-refractivity contribution is -0.156. The van der Waals surface area contributed by atoms with E-state index < -0.39 is 29.4 Å². The Kier molecular flexibility index (Phi) is 4.84. The number of nitrogens with zero attached hydrogens (tertiary/aromatic N) is 1. The van der Waals surface area contributed by atoms with Crippen molar-refractivity contribution in [1.82, 2.24) is 10.2 Å². The van der Waals surface area contributed by atoms with Crippen LogP contribution in [0.15, 0.2) is 24.3 Å². The fraction of sp³-hybridized carbons (Fsp3) is 0.526. The van der Waals surface area contributed by atoms with E-state index in [0.717, 1.165) is 4.90 Å². The van der Waals surface area contributed by atoms with Gasteiger partial charge in [0.2, 0.25) is 11.8 Å². The molecule has 0 unspecified atom stereocenters. The normalized spacial score (nSPS) is 30.6. The molecule has 0 saturated carbocycles. The number of halogens is 1. The molecule has 26 heavy (non-hydrogen) atoms. The number of esters is 1. The second-order valence-electron chi connectivity index (χ2n) is 6.85. The number of benzene rings is 1. The van der Waals surface area contributed by atoms with Gasteiger partial charge in [0.25, 0.3) is 0 Å². The Morgan fingerprint density at radius 2 is 1.88 bits per heavy atom. The number of ether oxygens (including phenoxy) is 1. The Hall–Kier alpha value is -2.28. The lowest BCUT2D eigenvalue weighted by Gasteiger charge is -2.32. The number of hydrogen-bond donors (Lipinski definition) is 1. The number of hydrogen-bond acceptors (Lipinski definition) is 5. The Morgan fingerprint density at radius 1 is 1.23 bits per heavy atom. The van der Waals surface area contributed by atoms with Gasteiger partial charge in [-0.05, 0) is 31.0 Å². The van der Waals surface area contributed by atoms with Crippen LogP contribution < -0.4 is 5.32 Å². The molecule has 2 saturated heterocycles. The number of imide groups is 1. The maximum Gasteiger partial charge on any atom is 0.327 e. The number of likely N-dealkylation sites (tertiary alicyclic amines) is 1. The molecule has 2 aliphatic rings. The Morgan fingerprint density at radius 3 is 2.46 bits per heavy atom. The summed E-state index contributed by atoms with van der Waals surface area (Å²) in [7, 11) is 1.44. The zero-order valence-corrected chi connectivity index (χ0v) is 15.1. The van der Waals surface area contributed by atoms with Crippen LogP contribution in [0.1, 0.15) is 38.3 Å². The fourth-order valence-corrected chi connectivity index (χ4v) is 4.28. The third-order valence-electron chi connectivity index (χ3n) is 5.39. The highest BCUT2D eigenvalue weighted by Gasteiger charge is 2.67. The van der Waals surface area contributed by atoms with Crippen molar-refractivity contribution in [1.29, 1.82) is 0 Å². The van der Waals surface area contributed by atoms with Crippen LogP contribution >= 0.6 is 0 Å². The van der Waals surface area contributed by atoms with E-state index in [1.807, 2.05) is 6.92 Å². The molecule has 2 heterocycles. The molecule has 0 radical (unpaired) electrons. The highest BCUT2D eigenvalue weighted by Crippen LogP contribution is 2.50. The Labute approximate surface area is 151 Å². The topological polar surface area (TPSA) is 75.7 Å². The van der Waals surface area contributed by atoms with Crippen molar-refractivity contribution in [2.75, 3.05) is 13.7 Å². The van der Waals surface area contributed by atoms with Gasteiger partial charge in [-0.25, -0.2) is 4.39 Å². The number of nitrogens with one attached hydrogen (secondary N) is 1. The van der Waals surface area contributed by atoms with Crippen molar-refractivity contribution < 1.29 is 23.5 Å². The predicted molar refractivity (Wildman–Crippen MR) is 91.3 cm³/mol. The summed E-state index contributed by atoms with van der Waals surface area (Å²) >= 11 is 0. The first kappa shape index (κ1) is 18.5. The van der Waals surface area contributed by atoms with Crippen molar-refractivity contribution in [3.05, 3.63) is 35.6 Å². The van der Waals surface area contributed by atoms with Crippen molar-refractivity contribution in [2.24, 2.45) is 11.8 Å². The minimum Gasteiger partial charge on any atom is -0.465 e. The van der Waals surface area contributed by atoms with Gasteiger partial charge in [0.05, 0.1) is 18.4 Å². The third-order valence-corrected chi connectivity index (χ3v) is 5.39. The summed E-state index contributed by atoms with van der Waals surface area (Å²) in [6.07, 6.45) is 1.01. The van der Waals surface area contributed by atoms with E-state index in [2.05, 4.69) is 5.32 Å². The number of amides is 2. The Bertz CT molecular complexity index is 736. The van der Waals surface area contributed by atoms with Crippen molar-refractivity contribution in [3.63, 3.8) is 0 Å². The highest BCUT2D eigenvalue weighted by atomic mass is 19.1. The predicted octanol–water partition coefficient (Wildman–Crippen LogP) is 1.80. The van der Waals surface area contributed by atoms with Gasteiger partial charge in [0.1, 0.15) is 11.4 Å². The zero-order valence-electron chi connectivity index (χ0n) is 15.1. The molecule has 7 heteroatoms. The van der Waals surface area contributed by atoms with Crippen LogP contribution in [0.2, 0.25) is 0 Å². The highest BCUT2D eigenvalue weighted by molar-refractivity contribution is 6.09. The van der Waals surface area contributed by atoms with E-state index in [1.165, 1.54) is 19.2 Å². The quantitative estimate of drug-likeness (QED) is 0.639. The molecule has 2 amide bonds. The molecule has 0 aromatic heterocycles. The van der Waals surface area contributed by atoms with Crippen molar-refractivity contribution >= 4 is 17.8 Å². The summed E-state index contributed by atoms with van der Waals surface area (Å²) in [5.74, 6) is -3.15. The van der Waals surface area contributed by atoms with Crippen LogP contribution in [0.4, 0.5) is 4.39 Å². The Balaban J connectivity index is 2.11. The van der Waals surface area contributed by atoms with E-state index in [9.17, 15) is 18.8 Å². The molecule has 140 valence electrons. The minimum atomic E-state index is -1.26. The molecule has 0 bridgehead atoms. The average Bonchev–Trinajstić information content (AvgIpc) is 3.07. The summed E-state index contributed by atoms with van der Waals surface area (Å²) < 4.78 is 18.6. The molecule has 6 nitrogen and oxygen atoms in total. The molecule has 3 rings (SSSR count). The molecule has 2 fully saturated rings. The molecular formula is C19H23FN2O4. The van der Waals surface area contributed by atoms with Gasteiger partial charge in [-0.15, -0.1) is 0 Å². The van der Waals surface area contributed by atoms with Gasteiger partial charge in [-0.2, -0.15) is 0 Å². The first-order chi connectivity index (χ1) is 12.4. The van der Waals surface area contributed by atoms with Crippen LogP contribution in [0.5, 0.6) is 0 Å². The molecule has 2 aliphatic heterocycles. The van der Waals surface area contributed by atoms with Gasteiger partial charge in [-0.3, -0.25) is 24.6 Å². The first-order valence-electron chi connectivity index (χ1n) is 8.89. The van der Waals surface area contributed by atoms with Crippen molar-refractivity contribution in [2.45, 2.75) is 38.3 Å². The second-order valence-corrected chi connectivity index (χ2v) is 6.85. The molecule has 1 aromatic rings. The van der Waals surface area contributed by atoms with Gasteiger partial charge in [-0.1, -0.05) is 25.5 Å². The largest absolute Gasteiger partial charge is 0.465 e. The standard InChI is InChI=1S/C19H23FN2O4/c1-4-10-19(18(25)26-5-2)14-13(16(23)22(3)17(14)24)15(21-19)11-6-8-12(20)9-7-11/h6-9,13-15,21H,4-5,10H2,1-3H3/t13-,14+,15-,19-/m0/s1. The summed E-state index contributed by atoms with van der Waals surface area (Å²) in [6, 6.07) is 5.21. The van der Waals surface area contributed by atoms with Gasteiger partial charge < -0.3 is 4.74 Å². The van der Waals surface area contributed by atoms with Crippen molar-refractivity contribution in [3.8, 4) is 0 Å². The smallest absolute Gasteiger partial charge is 0.327 e. The first-order valence-corrected chi connectivity index (χ1v) is 8.89. The van der Waals surface area contributed by atoms with E-state index in [4.69, 9.17) is 4.74 Å². The number of rotatable bonds is 5. The van der Waals surface area contributed by atoms with E-state index in [0.29, 0.717) is 18.4 Å². The number of fused-ring (bicyclic) bond motifs is 1. The van der Waals surface area contributed by atoms with E-state index >= 15 is 0 Å². The number of carbonyl (C=O) groups excluding carboxylic acids is 3. The lowest BCUT2D eigenvalue weighted by atomic mass is 9.77. The summed E-state index contributed by atoms with van der Waals surface area (Å²) in [6.45, 7) is 3.80. The monoisotopic (exact) mass is 362 g/mol. The minimum absolute atomic E-state index is 0.183. The third kappa shape index (κ3) is 2.61. The second kappa shape index (κ2) is 6.79. The molecular weight excluding hydrogens is 339 g/mol. The fourth-order valence-electron chi connectivity index (χ4n) is 4.28. The van der Waals surface area contributed by atoms with Gasteiger partial charge in [0, 0.05) is 13.1 Å². The SMILES string of the molecule is CCC[C@]1(C(=O)OCC)N[C@@H](c2ccc(F)cc2)[C@H]2C(=O)N(C)C(=O)[C@@H]21.